The van der Waals surface area contributed by atoms with Crippen LogP contribution in [0.5, 0.6) is 5.75 Å². The highest BCUT2D eigenvalue weighted by Crippen LogP contribution is 2.47. The first-order valence-corrected chi connectivity index (χ1v) is 9.70. The lowest BCUT2D eigenvalue weighted by Crippen LogP contribution is -2.26. The zero-order chi connectivity index (χ0) is 18.8. The van der Waals surface area contributed by atoms with Gasteiger partial charge in [0.2, 0.25) is 0 Å². The summed E-state index contributed by atoms with van der Waals surface area (Å²) in [5.74, 6) is -0.219. The number of hydrogen-bond donors (Lipinski definition) is 1. The van der Waals surface area contributed by atoms with Crippen LogP contribution in [0.3, 0.4) is 0 Å². The van der Waals surface area contributed by atoms with Gasteiger partial charge in [-0.2, -0.15) is 0 Å². The third-order valence-electron chi connectivity index (χ3n) is 4.67. The van der Waals surface area contributed by atoms with E-state index in [-0.39, 0.29) is 16.8 Å². The number of ketones is 1. The average molecular weight is 373 g/mol. The van der Waals surface area contributed by atoms with Crippen LogP contribution in [-0.4, -0.2) is 17.1 Å². The predicted octanol–water partition coefficient (Wildman–Crippen LogP) is 5.75. The van der Waals surface area contributed by atoms with E-state index in [0.717, 1.165) is 21.6 Å². The van der Waals surface area contributed by atoms with Crippen molar-refractivity contribution >= 4 is 29.4 Å². The lowest BCUT2D eigenvalue weighted by molar-refractivity contribution is 0.0948. The van der Waals surface area contributed by atoms with E-state index in [1.807, 2.05) is 61.5 Å². The first-order chi connectivity index (χ1) is 13.1. The number of aromatic hydroxyl groups is 1. The van der Waals surface area contributed by atoms with E-state index in [2.05, 4.69) is 4.99 Å². The summed E-state index contributed by atoms with van der Waals surface area (Å²) in [5, 5.41) is 9.93. The Morgan fingerprint density at radius 3 is 2.52 bits per heavy atom. The van der Waals surface area contributed by atoms with E-state index in [1.165, 1.54) is 0 Å². The highest BCUT2D eigenvalue weighted by Gasteiger charge is 2.36. The number of aryl methyl sites for hydroxylation is 1. The average Bonchev–Trinajstić information content (AvgIpc) is 2.69. The summed E-state index contributed by atoms with van der Waals surface area (Å²) in [6.07, 6.45) is 1.69. The van der Waals surface area contributed by atoms with Gasteiger partial charge in [0.1, 0.15) is 11.4 Å². The lowest BCUT2D eigenvalue weighted by Gasteiger charge is -2.29. The summed E-state index contributed by atoms with van der Waals surface area (Å²) in [6.45, 7) is 1.99. The Labute approximate surface area is 162 Å². The molecule has 3 nitrogen and oxygen atoms in total. The number of carbonyl (C=O) groups is 1. The van der Waals surface area contributed by atoms with Crippen LogP contribution in [0.1, 0.15) is 26.7 Å². The lowest BCUT2D eigenvalue weighted by atomic mass is 9.90. The molecule has 0 fully saturated rings. The summed E-state index contributed by atoms with van der Waals surface area (Å²) in [4.78, 5) is 18.7. The van der Waals surface area contributed by atoms with Crippen LogP contribution < -0.4 is 0 Å². The van der Waals surface area contributed by atoms with Gasteiger partial charge >= 0.3 is 0 Å². The van der Waals surface area contributed by atoms with Crippen LogP contribution in [0.15, 0.2) is 82.7 Å². The number of thioether (sulfide) groups is 1. The Morgan fingerprint density at radius 2 is 1.74 bits per heavy atom. The maximum Gasteiger partial charge on any atom is 0.173 e. The molecule has 0 saturated carbocycles. The van der Waals surface area contributed by atoms with Gasteiger partial charge in [0.05, 0.1) is 5.92 Å². The maximum absolute atomic E-state index is 13.3. The van der Waals surface area contributed by atoms with Crippen molar-refractivity contribution in [3.8, 4) is 5.75 Å². The molecular formula is C23H19NO2S. The molecule has 2 unspecified atom stereocenters. The topological polar surface area (TPSA) is 49.7 Å². The van der Waals surface area contributed by atoms with Gasteiger partial charge in [-0.1, -0.05) is 54.1 Å². The standard InChI is InChI=1S/C23H19NO2S/c1-15-11-12-21-17(13-15)22(26)18(14-24-19-9-5-6-10-20(19)25)23(27-21)16-7-3-2-4-8-16/h2-14,18,23,25H,1H3. The predicted molar refractivity (Wildman–Crippen MR) is 110 cm³/mol. The molecule has 1 heterocycles. The second-order valence-corrected chi connectivity index (χ2v) is 7.79. The Kier molecular flexibility index (Phi) is 4.82. The first kappa shape index (κ1) is 17.6. The van der Waals surface area contributed by atoms with Gasteiger partial charge in [-0.3, -0.25) is 9.79 Å². The van der Waals surface area contributed by atoms with E-state index < -0.39 is 5.92 Å². The Balaban J connectivity index is 1.77. The molecule has 0 saturated heterocycles. The Morgan fingerprint density at radius 1 is 1.00 bits per heavy atom. The second-order valence-electron chi connectivity index (χ2n) is 6.61. The van der Waals surface area contributed by atoms with Crippen LogP contribution in [-0.2, 0) is 0 Å². The van der Waals surface area contributed by atoms with Crippen molar-refractivity contribution < 1.29 is 9.90 Å². The zero-order valence-corrected chi connectivity index (χ0v) is 15.7. The maximum atomic E-state index is 13.3. The molecule has 2 atom stereocenters. The minimum atomic E-state index is -0.397. The van der Waals surface area contributed by atoms with E-state index in [9.17, 15) is 9.90 Å². The number of hydrogen-bond acceptors (Lipinski definition) is 4. The highest BCUT2D eigenvalue weighted by molar-refractivity contribution is 7.99. The van der Waals surface area contributed by atoms with Crippen LogP contribution >= 0.6 is 11.8 Å². The minimum absolute atomic E-state index is 0.0523. The molecule has 3 aromatic carbocycles. The third kappa shape index (κ3) is 3.53. The van der Waals surface area contributed by atoms with E-state index in [4.69, 9.17) is 0 Å². The molecular weight excluding hydrogens is 354 g/mol. The van der Waals surface area contributed by atoms with Gasteiger partial charge in [0.25, 0.3) is 0 Å². The summed E-state index contributed by atoms with van der Waals surface area (Å²) < 4.78 is 0. The molecule has 1 aliphatic rings. The number of carbonyl (C=O) groups excluding carboxylic acids is 1. The van der Waals surface area contributed by atoms with Gasteiger partial charge in [0.15, 0.2) is 5.78 Å². The number of Topliss-reactive ketones (excluding diaryl/α,β-unsaturated/α-hetero) is 1. The van der Waals surface area contributed by atoms with Crippen molar-refractivity contribution in [2.24, 2.45) is 10.9 Å². The molecule has 0 amide bonds. The van der Waals surface area contributed by atoms with Gasteiger partial charge in [-0.15, -0.1) is 11.8 Å². The molecule has 0 aliphatic carbocycles. The molecule has 0 radical (unpaired) electrons. The van der Waals surface area contributed by atoms with Crippen LogP contribution in [0.2, 0.25) is 0 Å². The number of benzene rings is 3. The molecule has 0 aromatic heterocycles. The fourth-order valence-corrected chi connectivity index (χ4v) is 4.60. The summed E-state index contributed by atoms with van der Waals surface area (Å²) in [6, 6.07) is 23.0. The van der Waals surface area contributed by atoms with E-state index in [0.29, 0.717) is 5.69 Å². The molecule has 1 aliphatic heterocycles. The fraction of sp³-hybridized carbons (Fsp3) is 0.130. The second kappa shape index (κ2) is 7.41. The number of para-hydroxylation sites is 2. The molecule has 0 bridgehead atoms. The van der Waals surface area contributed by atoms with Gasteiger partial charge in [-0.25, -0.2) is 0 Å². The zero-order valence-electron chi connectivity index (χ0n) is 14.9. The molecule has 27 heavy (non-hydrogen) atoms. The number of phenols is 1. The number of fused-ring (bicyclic) bond motifs is 1. The van der Waals surface area contributed by atoms with Crippen molar-refractivity contribution in [1.82, 2.24) is 0 Å². The van der Waals surface area contributed by atoms with E-state index >= 15 is 0 Å². The quantitative estimate of drug-likeness (QED) is 0.595. The largest absolute Gasteiger partial charge is 0.506 e. The minimum Gasteiger partial charge on any atom is -0.506 e. The van der Waals surface area contributed by atoms with Crippen LogP contribution in [0, 0.1) is 12.8 Å². The third-order valence-corrected chi connectivity index (χ3v) is 6.10. The Bertz CT molecular complexity index is 1010. The normalized spacial score (nSPS) is 19.2. The van der Waals surface area contributed by atoms with Gasteiger partial charge < -0.3 is 5.11 Å². The molecule has 4 heteroatoms. The van der Waals surface area contributed by atoms with Crippen molar-refractivity contribution in [2.45, 2.75) is 17.1 Å². The monoisotopic (exact) mass is 373 g/mol. The number of rotatable bonds is 3. The molecule has 1 N–H and O–H groups in total. The van der Waals surface area contributed by atoms with Crippen LogP contribution in [0.25, 0.3) is 0 Å². The summed E-state index contributed by atoms with van der Waals surface area (Å²) in [5.41, 5.74) is 3.38. The summed E-state index contributed by atoms with van der Waals surface area (Å²) >= 11 is 1.70. The van der Waals surface area contributed by atoms with Crippen molar-refractivity contribution in [3.05, 3.63) is 89.5 Å². The number of phenolic OH excluding ortho intramolecular Hbond substituents is 1. The van der Waals surface area contributed by atoms with E-state index in [1.54, 1.807) is 36.2 Å². The Hall–Kier alpha value is -2.85. The number of nitrogens with zero attached hydrogens (tertiary/aromatic N) is 1. The smallest absolute Gasteiger partial charge is 0.173 e. The molecule has 3 aromatic rings. The van der Waals surface area contributed by atoms with Crippen molar-refractivity contribution in [3.63, 3.8) is 0 Å². The van der Waals surface area contributed by atoms with Crippen molar-refractivity contribution in [2.75, 3.05) is 0 Å². The van der Waals surface area contributed by atoms with Crippen molar-refractivity contribution in [1.29, 1.82) is 0 Å². The number of aliphatic imine (C=N–C) groups is 1. The molecule has 0 spiro atoms. The molecule has 4 rings (SSSR count). The van der Waals surface area contributed by atoms with Crippen LogP contribution in [0.4, 0.5) is 5.69 Å². The first-order valence-electron chi connectivity index (χ1n) is 8.82. The summed E-state index contributed by atoms with van der Waals surface area (Å²) in [7, 11) is 0. The SMILES string of the molecule is Cc1ccc2c(c1)C(=O)C(C=Nc1ccccc1O)C(c1ccccc1)S2. The molecule has 134 valence electrons. The fourth-order valence-electron chi connectivity index (χ4n) is 3.26. The van der Waals surface area contributed by atoms with Gasteiger partial charge in [0, 0.05) is 21.9 Å². The van der Waals surface area contributed by atoms with Gasteiger partial charge in [-0.05, 0) is 36.8 Å². The highest BCUT2D eigenvalue weighted by atomic mass is 32.2.